The van der Waals surface area contributed by atoms with Gasteiger partial charge in [0.05, 0.1) is 7.11 Å². The topological polar surface area (TPSA) is 51.2 Å². The third-order valence-corrected chi connectivity index (χ3v) is 3.50. The molecule has 0 aliphatic heterocycles. The zero-order chi connectivity index (χ0) is 14.5. The molecule has 2 aromatic rings. The van der Waals surface area contributed by atoms with E-state index in [9.17, 15) is 9.18 Å². The number of hydrogen-bond donors (Lipinski definition) is 1. The molecule has 0 saturated carbocycles. The van der Waals surface area contributed by atoms with Crippen molar-refractivity contribution < 1.29 is 13.9 Å². The lowest BCUT2D eigenvalue weighted by Crippen LogP contribution is -2.18. The molecule has 1 aromatic carbocycles. The molecule has 1 N–H and O–H groups in total. The maximum Gasteiger partial charge on any atom is 0.357 e. The van der Waals surface area contributed by atoms with Crippen LogP contribution in [0.1, 0.15) is 23.0 Å². The van der Waals surface area contributed by atoms with Crippen LogP contribution in [-0.4, -0.2) is 24.1 Å². The van der Waals surface area contributed by atoms with E-state index < -0.39 is 5.97 Å². The molecule has 0 spiro atoms. The Morgan fingerprint density at radius 2 is 2.15 bits per heavy atom. The van der Waals surface area contributed by atoms with Crippen molar-refractivity contribution in [2.24, 2.45) is 0 Å². The fourth-order valence-electron chi connectivity index (χ4n) is 1.77. The summed E-state index contributed by atoms with van der Waals surface area (Å²) in [6, 6.07) is 6.53. The van der Waals surface area contributed by atoms with Crippen molar-refractivity contribution in [1.29, 1.82) is 0 Å². The number of carbonyl (C=O) groups excluding carboxylic acids is 1. The van der Waals surface area contributed by atoms with E-state index in [1.54, 1.807) is 17.5 Å². The molecule has 0 radical (unpaired) electrons. The van der Waals surface area contributed by atoms with Crippen molar-refractivity contribution >= 4 is 22.4 Å². The van der Waals surface area contributed by atoms with Gasteiger partial charge < -0.3 is 10.1 Å². The Kier molecular flexibility index (Phi) is 4.68. The van der Waals surface area contributed by atoms with Crippen LogP contribution in [0.4, 0.5) is 9.52 Å². The number of nitrogens with zero attached hydrogens (tertiary/aromatic N) is 1. The number of thiazole rings is 1. The molecular weight excluding hydrogens is 279 g/mol. The second kappa shape index (κ2) is 6.47. The van der Waals surface area contributed by atoms with Gasteiger partial charge in [-0.05, 0) is 31.0 Å². The normalized spacial score (nSPS) is 11.9. The molecule has 1 atom stereocenters. The van der Waals surface area contributed by atoms with Crippen molar-refractivity contribution in [1.82, 2.24) is 4.98 Å². The van der Waals surface area contributed by atoms with E-state index in [4.69, 9.17) is 0 Å². The molecule has 2 rings (SSSR count). The summed E-state index contributed by atoms with van der Waals surface area (Å²) in [5, 5.41) is 5.53. The highest BCUT2D eigenvalue weighted by atomic mass is 32.1. The van der Waals surface area contributed by atoms with E-state index in [-0.39, 0.29) is 11.9 Å². The molecule has 0 aliphatic rings. The first-order valence-electron chi connectivity index (χ1n) is 6.13. The Morgan fingerprint density at radius 3 is 2.80 bits per heavy atom. The summed E-state index contributed by atoms with van der Waals surface area (Å²) in [6.45, 7) is 2.00. The number of benzene rings is 1. The molecule has 1 heterocycles. The van der Waals surface area contributed by atoms with Crippen LogP contribution in [0.2, 0.25) is 0 Å². The number of aromatic nitrogens is 1. The Labute approximate surface area is 120 Å². The average Bonchev–Trinajstić information content (AvgIpc) is 2.89. The van der Waals surface area contributed by atoms with Gasteiger partial charge in [0.15, 0.2) is 10.8 Å². The molecular formula is C14H15FN2O2S. The zero-order valence-electron chi connectivity index (χ0n) is 11.2. The number of esters is 1. The minimum Gasteiger partial charge on any atom is -0.464 e. The van der Waals surface area contributed by atoms with E-state index in [0.717, 1.165) is 12.0 Å². The summed E-state index contributed by atoms with van der Waals surface area (Å²) in [4.78, 5) is 15.4. The Morgan fingerprint density at radius 1 is 1.45 bits per heavy atom. The summed E-state index contributed by atoms with van der Waals surface area (Å²) < 4.78 is 17.4. The lowest BCUT2D eigenvalue weighted by molar-refractivity contribution is 0.0595. The minimum absolute atomic E-state index is 0.122. The first-order valence-corrected chi connectivity index (χ1v) is 7.01. The molecule has 20 heavy (non-hydrogen) atoms. The largest absolute Gasteiger partial charge is 0.464 e. The number of ether oxygens (including phenoxy) is 1. The highest BCUT2D eigenvalue weighted by molar-refractivity contribution is 7.13. The number of rotatable bonds is 5. The lowest BCUT2D eigenvalue weighted by Gasteiger charge is -2.12. The number of halogens is 1. The number of methoxy groups -OCH3 is 1. The van der Waals surface area contributed by atoms with Crippen LogP contribution in [-0.2, 0) is 11.2 Å². The van der Waals surface area contributed by atoms with Crippen molar-refractivity contribution in [3.63, 3.8) is 0 Å². The maximum absolute atomic E-state index is 12.8. The number of anilines is 1. The van der Waals surface area contributed by atoms with Gasteiger partial charge in [-0.15, -0.1) is 11.3 Å². The molecule has 4 nitrogen and oxygen atoms in total. The first kappa shape index (κ1) is 14.5. The summed E-state index contributed by atoms with van der Waals surface area (Å²) >= 11 is 1.35. The second-order valence-electron chi connectivity index (χ2n) is 4.41. The highest BCUT2D eigenvalue weighted by Crippen LogP contribution is 2.18. The van der Waals surface area contributed by atoms with Gasteiger partial charge in [0.1, 0.15) is 5.82 Å². The van der Waals surface area contributed by atoms with Gasteiger partial charge in [-0.25, -0.2) is 14.2 Å². The van der Waals surface area contributed by atoms with E-state index in [0.29, 0.717) is 10.8 Å². The van der Waals surface area contributed by atoms with Crippen LogP contribution in [0.3, 0.4) is 0 Å². The van der Waals surface area contributed by atoms with E-state index in [1.165, 1.54) is 30.6 Å². The van der Waals surface area contributed by atoms with Crippen molar-refractivity contribution in [2.45, 2.75) is 19.4 Å². The predicted molar refractivity (Wildman–Crippen MR) is 76.6 cm³/mol. The molecule has 106 valence electrons. The van der Waals surface area contributed by atoms with Gasteiger partial charge in [0, 0.05) is 11.4 Å². The van der Waals surface area contributed by atoms with Gasteiger partial charge in [0.25, 0.3) is 0 Å². The van der Waals surface area contributed by atoms with Gasteiger partial charge in [-0.2, -0.15) is 0 Å². The molecule has 0 saturated heterocycles. The minimum atomic E-state index is -0.444. The van der Waals surface area contributed by atoms with Gasteiger partial charge in [-0.3, -0.25) is 0 Å². The number of hydrogen-bond acceptors (Lipinski definition) is 5. The third-order valence-electron chi connectivity index (χ3n) is 2.72. The van der Waals surface area contributed by atoms with Gasteiger partial charge >= 0.3 is 5.97 Å². The molecule has 0 amide bonds. The first-order chi connectivity index (χ1) is 9.58. The maximum atomic E-state index is 12.8. The number of carbonyl (C=O) groups is 1. The van der Waals surface area contributed by atoms with Crippen LogP contribution >= 0.6 is 11.3 Å². The average molecular weight is 294 g/mol. The number of nitrogens with one attached hydrogen (secondary N) is 1. The Hall–Kier alpha value is -1.95. The van der Waals surface area contributed by atoms with Crippen LogP contribution in [0.5, 0.6) is 0 Å². The van der Waals surface area contributed by atoms with E-state index >= 15 is 0 Å². The van der Waals surface area contributed by atoms with Crippen molar-refractivity contribution in [2.75, 3.05) is 12.4 Å². The zero-order valence-corrected chi connectivity index (χ0v) is 12.0. The summed E-state index contributed by atoms with van der Waals surface area (Å²) in [5.41, 5.74) is 1.34. The molecule has 1 unspecified atom stereocenters. The summed E-state index contributed by atoms with van der Waals surface area (Å²) in [6.07, 6.45) is 0.743. The van der Waals surface area contributed by atoms with Crippen LogP contribution in [0.25, 0.3) is 0 Å². The molecule has 1 aromatic heterocycles. The summed E-state index contributed by atoms with van der Waals surface area (Å²) in [7, 11) is 1.33. The molecule has 6 heteroatoms. The second-order valence-corrected chi connectivity index (χ2v) is 5.26. The molecule has 0 aliphatic carbocycles. The van der Waals surface area contributed by atoms with Crippen molar-refractivity contribution in [3.05, 3.63) is 46.7 Å². The summed E-state index contributed by atoms with van der Waals surface area (Å²) in [5.74, 6) is -0.683. The SMILES string of the molecule is COC(=O)c1csc(NC(C)Cc2ccc(F)cc2)n1. The van der Waals surface area contributed by atoms with Gasteiger partial charge in [-0.1, -0.05) is 12.1 Å². The lowest BCUT2D eigenvalue weighted by atomic mass is 10.1. The van der Waals surface area contributed by atoms with E-state index in [1.807, 2.05) is 6.92 Å². The van der Waals surface area contributed by atoms with Crippen LogP contribution < -0.4 is 5.32 Å². The highest BCUT2D eigenvalue weighted by Gasteiger charge is 2.12. The molecule has 0 bridgehead atoms. The smallest absolute Gasteiger partial charge is 0.357 e. The van der Waals surface area contributed by atoms with E-state index in [2.05, 4.69) is 15.0 Å². The van der Waals surface area contributed by atoms with Crippen molar-refractivity contribution in [3.8, 4) is 0 Å². The predicted octanol–water partition coefficient (Wildman–Crippen LogP) is 3.11. The Bertz CT molecular complexity index is 583. The van der Waals surface area contributed by atoms with Crippen LogP contribution in [0.15, 0.2) is 29.6 Å². The third kappa shape index (κ3) is 3.77. The monoisotopic (exact) mass is 294 g/mol. The fourth-order valence-corrected chi connectivity index (χ4v) is 2.57. The van der Waals surface area contributed by atoms with Gasteiger partial charge in [0.2, 0.25) is 0 Å². The quantitative estimate of drug-likeness (QED) is 0.861. The Balaban J connectivity index is 1.94. The van der Waals surface area contributed by atoms with Crippen LogP contribution in [0, 0.1) is 5.82 Å². The standard InChI is InChI=1S/C14H15FN2O2S/c1-9(7-10-3-5-11(15)6-4-10)16-14-17-12(8-20-14)13(18)19-2/h3-6,8-9H,7H2,1-2H3,(H,16,17). The molecule has 0 fully saturated rings. The fraction of sp³-hybridized carbons (Fsp3) is 0.286.